The van der Waals surface area contributed by atoms with Gasteiger partial charge in [0, 0.05) is 0 Å². The van der Waals surface area contributed by atoms with Crippen LogP contribution < -0.4 is 10.4 Å². The molecule has 0 radical (unpaired) electrons. The van der Waals surface area contributed by atoms with Crippen molar-refractivity contribution in [1.29, 1.82) is 0 Å². The molecule has 23 heavy (non-hydrogen) atoms. The lowest BCUT2D eigenvalue weighted by Crippen LogP contribution is -2.23. The van der Waals surface area contributed by atoms with Crippen molar-refractivity contribution in [3.8, 4) is 11.1 Å². The van der Waals surface area contributed by atoms with Crippen molar-refractivity contribution in [2.45, 2.75) is 26.4 Å². The number of ether oxygens (including phenoxy) is 1. The standard InChI is InChI=1S/C21H18O2/c1-21(2,3)23-20(22)15-7-8-18-16(10-15)11-17-9-13-5-4-6-14(13)12-19(17)18/h4-12H,1-3H3. The molecule has 2 heteroatoms. The molecule has 0 spiro atoms. The molecule has 4 rings (SSSR count). The van der Waals surface area contributed by atoms with Gasteiger partial charge in [-0.05, 0) is 83.8 Å². The van der Waals surface area contributed by atoms with Gasteiger partial charge in [0.2, 0.25) is 0 Å². The summed E-state index contributed by atoms with van der Waals surface area (Å²) in [4.78, 5) is 12.2. The van der Waals surface area contributed by atoms with Gasteiger partial charge >= 0.3 is 5.97 Å². The molecule has 2 aliphatic rings. The molecular weight excluding hydrogens is 284 g/mol. The highest BCUT2D eigenvalue weighted by Gasteiger charge is 2.20. The van der Waals surface area contributed by atoms with Gasteiger partial charge in [0.05, 0.1) is 5.56 Å². The van der Waals surface area contributed by atoms with E-state index >= 15 is 0 Å². The van der Waals surface area contributed by atoms with Crippen LogP contribution in [0.3, 0.4) is 0 Å². The van der Waals surface area contributed by atoms with Crippen molar-refractivity contribution >= 4 is 24.2 Å². The number of hydrogen-bond donors (Lipinski definition) is 0. The highest BCUT2D eigenvalue weighted by Crippen LogP contribution is 2.28. The Kier molecular flexibility index (Phi) is 2.86. The largest absolute Gasteiger partial charge is 0.456 e. The van der Waals surface area contributed by atoms with Crippen LogP contribution in [0.4, 0.5) is 0 Å². The third-order valence-corrected chi connectivity index (χ3v) is 4.09. The fraction of sp³-hybridized carbons (Fsp3) is 0.190. The first-order valence-electron chi connectivity index (χ1n) is 7.83. The van der Waals surface area contributed by atoms with Crippen LogP contribution in [0.2, 0.25) is 0 Å². The molecule has 2 aliphatic carbocycles. The van der Waals surface area contributed by atoms with Gasteiger partial charge in [0.1, 0.15) is 5.60 Å². The van der Waals surface area contributed by atoms with Crippen molar-refractivity contribution < 1.29 is 9.53 Å². The van der Waals surface area contributed by atoms with Crippen molar-refractivity contribution in [3.63, 3.8) is 0 Å². The Hall–Kier alpha value is -2.61. The van der Waals surface area contributed by atoms with Crippen LogP contribution in [0.1, 0.15) is 42.3 Å². The van der Waals surface area contributed by atoms with Crippen molar-refractivity contribution in [1.82, 2.24) is 0 Å². The Balaban J connectivity index is 1.77. The molecule has 2 aromatic carbocycles. The van der Waals surface area contributed by atoms with E-state index in [9.17, 15) is 4.79 Å². The van der Waals surface area contributed by atoms with E-state index < -0.39 is 5.60 Å². The monoisotopic (exact) mass is 302 g/mol. The molecule has 0 heterocycles. The lowest BCUT2D eigenvalue weighted by molar-refractivity contribution is 0.00695. The van der Waals surface area contributed by atoms with Gasteiger partial charge in [-0.3, -0.25) is 0 Å². The van der Waals surface area contributed by atoms with Crippen molar-refractivity contribution in [2.24, 2.45) is 0 Å². The molecule has 0 fully saturated rings. The van der Waals surface area contributed by atoms with Gasteiger partial charge < -0.3 is 4.74 Å². The molecule has 0 aliphatic heterocycles. The van der Waals surface area contributed by atoms with Crippen LogP contribution in [0.25, 0.3) is 29.4 Å². The van der Waals surface area contributed by atoms with Crippen molar-refractivity contribution in [3.05, 3.63) is 63.5 Å². The summed E-state index contributed by atoms with van der Waals surface area (Å²) in [5, 5.41) is 2.46. The molecule has 0 saturated carbocycles. The molecule has 2 nitrogen and oxygen atoms in total. The summed E-state index contributed by atoms with van der Waals surface area (Å²) < 4.78 is 5.46. The number of carbonyl (C=O) groups excluding carboxylic acids is 1. The van der Waals surface area contributed by atoms with E-state index in [-0.39, 0.29) is 5.97 Å². The van der Waals surface area contributed by atoms with Crippen molar-refractivity contribution in [2.75, 3.05) is 0 Å². The predicted octanol–water partition coefficient (Wildman–Crippen LogP) is 3.26. The average Bonchev–Trinajstić information content (AvgIpc) is 3.05. The lowest BCUT2D eigenvalue weighted by Gasteiger charge is -2.19. The number of rotatable bonds is 1. The maximum atomic E-state index is 12.2. The molecule has 0 unspecified atom stereocenters. The Morgan fingerprint density at radius 3 is 2.57 bits per heavy atom. The summed E-state index contributed by atoms with van der Waals surface area (Å²) in [6, 6.07) is 10.2. The Bertz CT molecular complexity index is 986. The van der Waals surface area contributed by atoms with Gasteiger partial charge in [-0.1, -0.05) is 24.3 Å². The first-order valence-corrected chi connectivity index (χ1v) is 7.83. The van der Waals surface area contributed by atoms with Crippen LogP contribution in [0.5, 0.6) is 0 Å². The third-order valence-electron chi connectivity index (χ3n) is 4.09. The Morgan fingerprint density at radius 2 is 1.78 bits per heavy atom. The van der Waals surface area contributed by atoms with Crippen LogP contribution in [0, 0.1) is 0 Å². The molecule has 0 amide bonds. The summed E-state index contributed by atoms with van der Waals surface area (Å²) in [7, 11) is 0. The minimum Gasteiger partial charge on any atom is -0.456 e. The van der Waals surface area contributed by atoms with Gasteiger partial charge in [-0.2, -0.15) is 0 Å². The summed E-state index contributed by atoms with van der Waals surface area (Å²) in [5.41, 5.74) is 4.86. The number of hydrogen-bond acceptors (Lipinski definition) is 2. The first kappa shape index (κ1) is 14.0. The number of benzene rings is 2. The normalized spacial score (nSPS) is 13.7. The third kappa shape index (κ3) is 2.40. The first-order chi connectivity index (χ1) is 10.9. The zero-order valence-corrected chi connectivity index (χ0v) is 13.5. The van der Waals surface area contributed by atoms with Gasteiger partial charge in [-0.15, -0.1) is 0 Å². The summed E-state index contributed by atoms with van der Waals surface area (Å²) in [5.74, 6) is -0.275. The maximum absolute atomic E-state index is 12.2. The highest BCUT2D eigenvalue weighted by molar-refractivity contribution is 5.94. The molecule has 0 N–H and O–H groups in total. The summed E-state index contributed by atoms with van der Waals surface area (Å²) >= 11 is 0. The molecule has 0 aromatic heterocycles. The number of fused-ring (bicyclic) bond motifs is 4. The number of allylic oxidation sites excluding steroid dienone is 1. The molecule has 0 atom stereocenters. The average molecular weight is 302 g/mol. The molecule has 0 saturated heterocycles. The van der Waals surface area contributed by atoms with Crippen LogP contribution in [0.15, 0.2) is 36.4 Å². The van der Waals surface area contributed by atoms with Crippen LogP contribution in [-0.4, -0.2) is 11.6 Å². The maximum Gasteiger partial charge on any atom is 0.338 e. The van der Waals surface area contributed by atoms with E-state index in [0.717, 1.165) is 5.56 Å². The zero-order valence-electron chi connectivity index (χ0n) is 13.5. The van der Waals surface area contributed by atoms with E-state index in [1.807, 2.05) is 39.0 Å². The Morgan fingerprint density at radius 1 is 0.957 bits per heavy atom. The van der Waals surface area contributed by atoms with Gasteiger partial charge in [0.15, 0.2) is 0 Å². The SMILES string of the molecule is CC(C)(C)OC(=O)c1ccc2c(c1)C=c1cc3c(cc1-2)=CC=C3. The van der Waals surface area contributed by atoms with Gasteiger partial charge in [0.25, 0.3) is 0 Å². The second kappa shape index (κ2) is 4.69. The fourth-order valence-corrected chi connectivity index (χ4v) is 3.11. The lowest BCUT2D eigenvalue weighted by atomic mass is 10.0. The summed E-state index contributed by atoms with van der Waals surface area (Å²) in [6.45, 7) is 5.64. The van der Waals surface area contributed by atoms with E-state index in [2.05, 4.69) is 36.4 Å². The number of esters is 1. The molecule has 114 valence electrons. The summed E-state index contributed by atoms with van der Waals surface area (Å²) in [6.07, 6.45) is 8.47. The van der Waals surface area contributed by atoms with E-state index in [0.29, 0.717) is 5.56 Å². The second-order valence-electron chi connectivity index (χ2n) is 7.04. The van der Waals surface area contributed by atoms with Crippen LogP contribution >= 0.6 is 0 Å². The Labute approximate surface area is 135 Å². The molecular formula is C21H18O2. The molecule has 2 aromatic rings. The zero-order chi connectivity index (χ0) is 16.2. The van der Waals surface area contributed by atoms with E-state index in [1.54, 1.807) is 0 Å². The quantitative estimate of drug-likeness (QED) is 0.645. The molecule has 0 bridgehead atoms. The topological polar surface area (TPSA) is 26.3 Å². The minimum absolute atomic E-state index is 0.275. The number of carbonyl (C=O) groups is 1. The van der Waals surface area contributed by atoms with Gasteiger partial charge in [-0.25, -0.2) is 4.79 Å². The smallest absolute Gasteiger partial charge is 0.338 e. The fourth-order valence-electron chi connectivity index (χ4n) is 3.11. The predicted molar refractivity (Wildman–Crippen MR) is 93.4 cm³/mol. The highest BCUT2D eigenvalue weighted by atomic mass is 16.6. The second-order valence-corrected chi connectivity index (χ2v) is 7.04. The van der Waals surface area contributed by atoms with E-state index in [1.165, 1.54) is 27.1 Å². The minimum atomic E-state index is -0.480. The van der Waals surface area contributed by atoms with Crippen LogP contribution in [-0.2, 0) is 4.74 Å². The van der Waals surface area contributed by atoms with E-state index in [4.69, 9.17) is 4.74 Å².